The SMILES string of the molecule is CNCC1CCN(C(=O)C(NC(=O)CC(C)C)C(C)C)CC1.Cl. The Morgan fingerprint density at radius 2 is 1.70 bits per heavy atom. The van der Waals surface area contributed by atoms with Crippen molar-refractivity contribution < 1.29 is 9.59 Å². The van der Waals surface area contributed by atoms with E-state index in [-0.39, 0.29) is 30.1 Å². The molecule has 1 heterocycles. The smallest absolute Gasteiger partial charge is 0.245 e. The van der Waals surface area contributed by atoms with Crippen molar-refractivity contribution in [1.29, 1.82) is 0 Å². The molecule has 2 N–H and O–H groups in total. The Morgan fingerprint density at radius 3 is 2.13 bits per heavy atom. The van der Waals surface area contributed by atoms with Crippen LogP contribution in [0.25, 0.3) is 0 Å². The maximum atomic E-state index is 12.7. The van der Waals surface area contributed by atoms with Gasteiger partial charge in [-0.05, 0) is 44.2 Å². The summed E-state index contributed by atoms with van der Waals surface area (Å²) in [5.41, 5.74) is 0. The number of amides is 2. The molecule has 0 radical (unpaired) electrons. The standard InChI is InChI=1S/C17H33N3O2.ClH/c1-12(2)10-15(21)19-16(13(3)4)17(22)20-8-6-14(7-9-20)11-18-5;/h12-14,16,18H,6-11H2,1-5H3,(H,19,21);1H. The highest BCUT2D eigenvalue weighted by Gasteiger charge is 2.31. The third-order valence-corrected chi connectivity index (χ3v) is 4.26. The molecule has 6 heteroatoms. The van der Waals surface area contributed by atoms with Crippen LogP contribution in [0.5, 0.6) is 0 Å². The fraction of sp³-hybridized carbons (Fsp3) is 0.882. The number of carbonyl (C=O) groups excluding carboxylic acids is 2. The van der Waals surface area contributed by atoms with E-state index in [1.165, 1.54) is 0 Å². The van der Waals surface area contributed by atoms with E-state index in [0.717, 1.165) is 32.5 Å². The first-order valence-corrected chi connectivity index (χ1v) is 8.57. The first kappa shape index (κ1) is 22.2. The molecule has 0 aromatic rings. The second-order valence-corrected chi connectivity index (χ2v) is 7.21. The Balaban J connectivity index is 0.00000484. The molecule has 5 nitrogen and oxygen atoms in total. The van der Waals surface area contributed by atoms with Crippen LogP contribution in [0.3, 0.4) is 0 Å². The first-order valence-electron chi connectivity index (χ1n) is 8.57. The van der Waals surface area contributed by atoms with E-state index in [1.54, 1.807) is 0 Å². The van der Waals surface area contributed by atoms with Crippen LogP contribution >= 0.6 is 12.4 Å². The van der Waals surface area contributed by atoms with E-state index in [4.69, 9.17) is 0 Å². The zero-order chi connectivity index (χ0) is 16.7. The summed E-state index contributed by atoms with van der Waals surface area (Å²) in [4.78, 5) is 26.6. The Kier molecular flexibility index (Phi) is 10.5. The maximum absolute atomic E-state index is 12.7. The molecule has 1 unspecified atom stereocenters. The fourth-order valence-electron chi connectivity index (χ4n) is 2.96. The van der Waals surface area contributed by atoms with Gasteiger partial charge in [0.1, 0.15) is 6.04 Å². The molecule has 0 aliphatic carbocycles. The van der Waals surface area contributed by atoms with E-state index in [0.29, 0.717) is 18.3 Å². The van der Waals surface area contributed by atoms with Crippen molar-refractivity contribution >= 4 is 24.2 Å². The van der Waals surface area contributed by atoms with Gasteiger partial charge in [0.15, 0.2) is 0 Å². The molecule has 0 aromatic carbocycles. The number of nitrogens with zero attached hydrogens (tertiary/aromatic N) is 1. The molecule has 1 saturated heterocycles. The van der Waals surface area contributed by atoms with Crippen molar-refractivity contribution in [2.24, 2.45) is 17.8 Å². The second kappa shape index (κ2) is 10.9. The zero-order valence-corrected chi connectivity index (χ0v) is 16.0. The molecule has 1 atom stereocenters. The first-order chi connectivity index (χ1) is 10.3. The van der Waals surface area contributed by atoms with E-state index in [9.17, 15) is 9.59 Å². The largest absolute Gasteiger partial charge is 0.344 e. The lowest BCUT2D eigenvalue weighted by Crippen LogP contribution is -2.53. The van der Waals surface area contributed by atoms with Crippen molar-refractivity contribution in [2.75, 3.05) is 26.7 Å². The van der Waals surface area contributed by atoms with Crippen LogP contribution in [0.2, 0.25) is 0 Å². The zero-order valence-electron chi connectivity index (χ0n) is 15.2. The highest BCUT2D eigenvalue weighted by atomic mass is 35.5. The predicted molar refractivity (Wildman–Crippen MR) is 96.7 cm³/mol. The maximum Gasteiger partial charge on any atom is 0.245 e. The average molecular weight is 348 g/mol. The number of halogens is 1. The number of likely N-dealkylation sites (tertiary alicyclic amines) is 1. The quantitative estimate of drug-likeness (QED) is 0.741. The minimum absolute atomic E-state index is 0. The lowest BCUT2D eigenvalue weighted by molar-refractivity contribution is -0.139. The monoisotopic (exact) mass is 347 g/mol. The van der Waals surface area contributed by atoms with Gasteiger partial charge in [-0.3, -0.25) is 9.59 Å². The highest BCUT2D eigenvalue weighted by molar-refractivity contribution is 5.88. The molecule has 1 aliphatic heterocycles. The normalized spacial score (nSPS) is 17.1. The van der Waals surface area contributed by atoms with Gasteiger partial charge >= 0.3 is 0 Å². The predicted octanol–water partition coefficient (Wildman–Crippen LogP) is 2.05. The molecular weight excluding hydrogens is 314 g/mol. The Hall–Kier alpha value is -0.810. The number of piperidine rings is 1. The molecule has 2 amide bonds. The summed E-state index contributed by atoms with van der Waals surface area (Å²) in [5, 5.41) is 6.15. The third kappa shape index (κ3) is 7.53. The van der Waals surface area contributed by atoms with Crippen molar-refractivity contribution in [3.63, 3.8) is 0 Å². The van der Waals surface area contributed by atoms with Crippen molar-refractivity contribution in [3.05, 3.63) is 0 Å². The van der Waals surface area contributed by atoms with Crippen LogP contribution in [0.15, 0.2) is 0 Å². The van der Waals surface area contributed by atoms with Crippen LogP contribution in [0.1, 0.15) is 47.0 Å². The molecule has 0 spiro atoms. The molecule has 1 rings (SSSR count). The van der Waals surface area contributed by atoms with E-state index in [1.807, 2.05) is 39.6 Å². The van der Waals surface area contributed by atoms with E-state index in [2.05, 4.69) is 10.6 Å². The fourth-order valence-corrected chi connectivity index (χ4v) is 2.96. The number of carbonyl (C=O) groups is 2. The lowest BCUT2D eigenvalue weighted by Gasteiger charge is -2.35. The molecule has 1 fully saturated rings. The Bertz CT molecular complexity index is 367. The van der Waals surface area contributed by atoms with Gasteiger partial charge in [-0.1, -0.05) is 27.7 Å². The van der Waals surface area contributed by atoms with Crippen LogP contribution in [0, 0.1) is 17.8 Å². The summed E-state index contributed by atoms with van der Waals surface area (Å²) in [7, 11) is 1.97. The van der Waals surface area contributed by atoms with Gasteiger partial charge in [-0.2, -0.15) is 0 Å². The average Bonchev–Trinajstić information content (AvgIpc) is 2.44. The summed E-state index contributed by atoms with van der Waals surface area (Å²) in [6.07, 6.45) is 2.55. The molecule has 0 aromatic heterocycles. The topological polar surface area (TPSA) is 61.4 Å². The van der Waals surface area contributed by atoms with Crippen LogP contribution in [0.4, 0.5) is 0 Å². The summed E-state index contributed by atoms with van der Waals surface area (Å²) < 4.78 is 0. The van der Waals surface area contributed by atoms with Crippen LogP contribution < -0.4 is 10.6 Å². The van der Waals surface area contributed by atoms with Gasteiger partial charge in [-0.25, -0.2) is 0 Å². The number of hydrogen-bond donors (Lipinski definition) is 2. The molecule has 23 heavy (non-hydrogen) atoms. The van der Waals surface area contributed by atoms with Gasteiger partial charge in [0.2, 0.25) is 11.8 Å². The number of nitrogens with one attached hydrogen (secondary N) is 2. The number of hydrogen-bond acceptors (Lipinski definition) is 3. The summed E-state index contributed by atoms with van der Waals surface area (Å²) >= 11 is 0. The van der Waals surface area contributed by atoms with Gasteiger partial charge < -0.3 is 15.5 Å². The second-order valence-electron chi connectivity index (χ2n) is 7.21. The van der Waals surface area contributed by atoms with Crippen molar-refractivity contribution in [2.45, 2.75) is 53.0 Å². The summed E-state index contributed by atoms with van der Waals surface area (Å²) in [5.74, 6) is 1.13. The minimum atomic E-state index is -0.396. The molecule has 0 bridgehead atoms. The van der Waals surface area contributed by atoms with Gasteiger partial charge in [-0.15, -0.1) is 12.4 Å². The lowest BCUT2D eigenvalue weighted by atomic mass is 9.95. The molecule has 136 valence electrons. The van der Waals surface area contributed by atoms with E-state index < -0.39 is 6.04 Å². The highest BCUT2D eigenvalue weighted by Crippen LogP contribution is 2.18. The third-order valence-electron chi connectivity index (χ3n) is 4.26. The Morgan fingerprint density at radius 1 is 1.13 bits per heavy atom. The minimum Gasteiger partial charge on any atom is -0.344 e. The molecular formula is C17H34ClN3O2. The summed E-state index contributed by atoms with van der Waals surface area (Å²) in [6.45, 7) is 10.6. The van der Waals surface area contributed by atoms with Gasteiger partial charge in [0.25, 0.3) is 0 Å². The molecule has 0 saturated carbocycles. The molecule has 1 aliphatic rings. The van der Waals surface area contributed by atoms with Crippen LogP contribution in [-0.4, -0.2) is 49.4 Å². The number of rotatable bonds is 7. The van der Waals surface area contributed by atoms with Crippen molar-refractivity contribution in [3.8, 4) is 0 Å². The summed E-state index contributed by atoms with van der Waals surface area (Å²) in [6, 6.07) is -0.396. The van der Waals surface area contributed by atoms with Crippen LogP contribution in [-0.2, 0) is 9.59 Å². The van der Waals surface area contributed by atoms with Gasteiger partial charge in [0, 0.05) is 19.5 Å². The Labute approximate surface area is 147 Å². The van der Waals surface area contributed by atoms with Gasteiger partial charge in [0.05, 0.1) is 0 Å². The van der Waals surface area contributed by atoms with Crippen molar-refractivity contribution in [1.82, 2.24) is 15.5 Å². The van der Waals surface area contributed by atoms with E-state index >= 15 is 0 Å².